The summed E-state index contributed by atoms with van der Waals surface area (Å²) < 4.78 is 27.0. The van der Waals surface area contributed by atoms with Gasteiger partial charge in [0.1, 0.15) is 0 Å². The van der Waals surface area contributed by atoms with Crippen molar-refractivity contribution < 1.29 is 8.42 Å². The van der Waals surface area contributed by atoms with E-state index in [4.69, 9.17) is 0 Å². The Morgan fingerprint density at radius 1 is 1.10 bits per heavy atom. The molecule has 0 aliphatic heterocycles. The molecule has 114 valence electrons. The van der Waals surface area contributed by atoms with Gasteiger partial charge in [-0.15, -0.1) is 0 Å². The maximum absolute atomic E-state index is 12.2. The molecule has 0 bridgehead atoms. The third-order valence-electron chi connectivity index (χ3n) is 3.16. The van der Waals surface area contributed by atoms with Crippen molar-refractivity contribution in [2.75, 3.05) is 27.2 Å². The van der Waals surface area contributed by atoms with Crippen molar-refractivity contribution in [3.8, 4) is 0 Å². The predicted octanol–water partition coefficient (Wildman–Crippen LogP) is 2.29. The lowest BCUT2D eigenvalue weighted by atomic mass is 10.0. The Bertz CT molecular complexity index is 507. The van der Waals surface area contributed by atoms with Crippen LogP contribution in [-0.4, -0.2) is 40.5 Å². The summed E-state index contributed by atoms with van der Waals surface area (Å²) in [5.74, 6) is 0.675. The van der Waals surface area contributed by atoms with E-state index < -0.39 is 10.0 Å². The van der Waals surface area contributed by atoms with Gasteiger partial charge in [0.25, 0.3) is 0 Å². The molecular formula is C15H26N2O2S. The van der Waals surface area contributed by atoms with Crippen LogP contribution < -0.4 is 4.72 Å². The van der Waals surface area contributed by atoms with Crippen LogP contribution in [-0.2, 0) is 10.0 Å². The Morgan fingerprint density at radius 2 is 1.65 bits per heavy atom. The molecule has 0 radical (unpaired) electrons. The summed E-state index contributed by atoms with van der Waals surface area (Å²) in [4.78, 5) is 2.38. The normalized spacial score (nSPS) is 13.9. The fourth-order valence-electron chi connectivity index (χ4n) is 2.06. The van der Waals surface area contributed by atoms with Gasteiger partial charge in [-0.3, -0.25) is 0 Å². The van der Waals surface area contributed by atoms with E-state index in [0.29, 0.717) is 17.4 Å². The first kappa shape index (κ1) is 17.1. The van der Waals surface area contributed by atoms with Crippen LogP contribution in [0.2, 0.25) is 0 Å². The van der Waals surface area contributed by atoms with Crippen molar-refractivity contribution >= 4 is 10.0 Å². The monoisotopic (exact) mass is 298 g/mol. The number of hydrogen-bond acceptors (Lipinski definition) is 3. The highest BCUT2D eigenvalue weighted by atomic mass is 32.2. The van der Waals surface area contributed by atoms with Crippen LogP contribution in [0.4, 0.5) is 0 Å². The second-order valence-corrected chi connectivity index (χ2v) is 7.71. The lowest BCUT2D eigenvalue weighted by molar-refractivity contribution is 0.339. The highest BCUT2D eigenvalue weighted by Crippen LogP contribution is 2.17. The average molecular weight is 298 g/mol. The number of rotatable bonds is 7. The van der Waals surface area contributed by atoms with Crippen LogP contribution in [0, 0.1) is 5.92 Å². The smallest absolute Gasteiger partial charge is 0.240 e. The van der Waals surface area contributed by atoms with Crippen molar-refractivity contribution in [2.24, 2.45) is 5.92 Å². The van der Waals surface area contributed by atoms with Crippen LogP contribution >= 0.6 is 0 Å². The molecule has 0 fully saturated rings. The Hall–Kier alpha value is -0.910. The van der Waals surface area contributed by atoms with Crippen molar-refractivity contribution in [1.82, 2.24) is 9.62 Å². The first-order valence-electron chi connectivity index (χ1n) is 6.96. The Morgan fingerprint density at radius 3 is 2.10 bits per heavy atom. The van der Waals surface area contributed by atoms with Crippen molar-refractivity contribution in [3.63, 3.8) is 0 Å². The fourth-order valence-corrected chi connectivity index (χ4v) is 3.22. The van der Waals surface area contributed by atoms with E-state index in [0.717, 1.165) is 12.1 Å². The Kier molecular flexibility index (Phi) is 6.17. The van der Waals surface area contributed by atoms with Crippen LogP contribution in [0.25, 0.3) is 0 Å². The zero-order valence-electron chi connectivity index (χ0n) is 13.1. The van der Waals surface area contributed by atoms with Crippen LogP contribution in [0.15, 0.2) is 29.2 Å². The average Bonchev–Trinajstić information content (AvgIpc) is 2.36. The largest absolute Gasteiger partial charge is 0.309 e. The summed E-state index contributed by atoms with van der Waals surface area (Å²) in [6, 6.07) is 7.10. The van der Waals surface area contributed by atoms with E-state index in [9.17, 15) is 8.42 Å². The van der Waals surface area contributed by atoms with Crippen LogP contribution in [0.5, 0.6) is 0 Å². The van der Waals surface area contributed by atoms with Crippen LogP contribution in [0.1, 0.15) is 32.3 Å². The molecular weight excluding hydrogens is 272 g/mol. The van der Waals surface area contributed by atoms with Gasteiger partial charge >= 0.3 is 0 Å². The summed E-state index contributed by atoms with van der Waals surface area (Å²) >= 11 is 0. The number of hydrogen-bond donors (Lipinski definition) is 1. The Labute approximate surface area is 123 Å². The molecule has 0 spiro atoms. The zero-order valence-corrected chi connectivity index (χ0v) is 13.9. The molecule has 1 rings (SSSR count). The number of sulfonamides is 1. The van der Waals surface area contributed by atoms with Gasteiger partial charge in [-0.2, -0.15) is 0 Å². The van der Waals surface area contributed by atoms with E-state index in [1.54, 1.807) is 12.1 Å². The van der Waals surface area contributed by atoms with E-state index in [2.05, 4.69) is 23.5 Å². The molecule has 0 aliphatic rings. The van der Waals surface area contributed by atoms with E-state index in [1.807, 2.05) is 33.2 Å². The van der Waals surface area contributed by atoms with Gasteiger partial charge in [-0.05, 0) is 43.6 Å². The third-order valence-corrected chi connectivity index (χ3v) is 4.60. The molecule has 1 atom stereocenters. The molecule has 0 saturated heterocycles. The standard InChI is InChI=1S/C15H26N2O2S/c1-12(2)14-6-8-15(9-7-14)20(18,19)16-10-13(3)11-17(4)5/h6-9,12-13,16H,10-11H2,1-5H3/t13-/m0/s1. The Balaban J connectivity index is 2.69. The van der Waals surface area contributed by atoms with E-state index in [-0.39, 0.29) is 5.92 Å². The molecule has 5 heteroatoms. The number of benzene rings is 1. The fraction of sp³-hybridized carbons (Fsp3) is 0.600. The number of nitrogens with zero attached hydrogens (tertiary/aromatic N) is 1. The highest BCUT2D eigenvalue weighted by Gasteiger charge is 2.15. The minimum Gasteiger partial charge on any atom is -0.309 e. The van der Waals surface area contributed by atoms with Gasteiger partial charge in [0.05, 0.1) is 4.90 Å². The zero-order chi connectivity index (χ0) is 15.3. The van der Waals surface area contributed by atoms with E-state index >= 15 is 0 Å². The molecule has 1 aromatic carbocycles. The van der Waals surface area contributed by atoms with Gasteiger partial charge < -0.3 is 4.90 Å². The van der Waals surface area contributed by atoms with Gasteiger partial charge in [0.2, 0.25) is 10.0 Å². The topological polar surface area (TPSA) is 49.4 Å². The molecule has 0 unspecified atom stereocenters. The van der Waals surface area contributed by atoms with E-state index in [1.165, 1.54) is 0 Å². The number of nitrogens with one attached hydrogen (secondary N) is 1. The van der Waals surface area contributed by atoms with Crippen LogP contribution in [0.3, 0.4) is 0 Å². The summed E-state index contributed by atoms with van der Waals surface area (Å²) in [6.45, 7) is 7.51. The second kappa shape index (κ2) is 7.20. The maximum atomic E-state index is 12.2. The molecule has 0 aromatic heterocycles. The minimum atomic E-state index is -3.40. The van der Waals surface area contributed by atoms with Crippen molar-refractivity contribution in [3.05, 3.63) is 29.8 Å². The summed E-state index contributed by atoms with van der Waals surface area (Å²) in [5, 5.41) is 0. The van der Waals surface area contributed by atoms with Gasteiger partial charge in [-0.25, -0.2) is 13.1 Å². The molecule has 0 heterocycles. The molecule has 20 heavy (non-hydrogen) atoms. The van der Waals surface area contributed by atoms with Gasteiger partial charge in [0, 0.05) is 13.1 Å². The van der Waals surface area contributed by atoms with Crippen molar-refractivity contribution in [1.29, 1.82) is 0 Å². The summed E-state index contributed by atoms with van der Waals surface area (Å²) in [5.41, 5.74) is 1.14. The van der Waals surface area contributed by atoms with Crippen molar-refractivity contribution in [2.45, 2.75) is 31.6 Å². The third kappa shape index (κ3) is 5.23. The molecule has 4 nitrogen and oxygen atoms in total. The minimum absolute atomic E-state index is 0.273. The van der Waals surface area contributed by atoms with Gasteiger partial charge in [-0.1, -0.05) is 32.9 Å². The second-order valence-electron chi connectivity index (χ2n) is 5.94. The lowest BCUT2D eigenvalue weighted by Gasteiger charge is -2.17. The lowest BCUT2D eigenvalue weighted by Crippen LogP contribution is -2.32. The molecule has 0 aliphatic carbocycles. The SMILES string of the molecule is CC(C)c1ccc(S(=O)(=O)NC[C@H](C)CN(C)C)cc1. The summed E-state index contributed by atoms with van der Waals surface area (Å²) in [7, 11) is 0.561. The molecule has 1 N–H and O–H groups in total. The maximum Gasteiger partial charge on any atom is 0.240 e. The predicted molar refractivity (Wildman–Crippen MR) is 83.4 cm³/mol. The molecule has 0 saturated carbocycles. The first-order chi connectivity index (χ1) is 9.22. The summed E-state index contributed by atoms with van der Waals surface area (Å²) in [6.07, 6.45) is 0. The van der Waals surface area contributed by atoms with Gasteiger partial charge in [0.15, 0.2) is 0 Å². The highest BCUT2D eigenvalue weighted by molar-refractivity contribution is 7.89. The first-order valence-corrected chi connectivity index (χ1v) is 8.45. The molecule has 1 aromatic rings. The quantitative estimate of drug-likeness (QED) is 0.840. The molecule has 0 amide bonds.